The lowest BCUT2D eigenvalue weighted by atomic mass is 10.2. The number of esters is 1. The van der Waals surface area contributed by atoms with Gasteiger partial charge in [0.05, 0.1) is 7.11 Å². The van der Waals surface area contributed by atoms with E-state index >= 15 is 0 Å². The Kier molecular flexibility index (Phi) is 5.52. The molecule has 0 saturated heterocycles. The van der Waals surface area contributed by atoms with Gasteiger partial charge in [0.25, 0.3) is 0 Å². The van der Waals surface area contributed by atoms with E-state index in [9.17, 15) is 4.79 Å². The molecule has 0 atom stereocenters. The van der Waals surface area contributed by atoms with Crippen molar-refractivity contribution in [2.75, 3.05) is 19.0 Å². The van der Waals surface area contributed by atoms with Gasteiger partial charge in [-0.3, -0.25) is 4.79 Å². The van der Waals surface area contributed by atoms with Gasteiger partial charge in [-0.1, -0.05) is 6.07 Å². The Morgan fingerprint density at radius 1 is 1.53 bits per heavy atom. The Labute approximate surface area is 100 Å². The minimum atomic E-state index is -0.186. The molecule has 0 aliphatic carbocycles. The molecule has 1 aromatic heterocycles. The van der Waals surface area contributed by atoms with E-state index in [-0.39, 0.29) is 5.97 Å². The summed E-state index contributed by atoms with van der Waals surface area (Å²) in [7, 11) is 1.39. The average Bonchev–Trinajstić information content (AvgIpc) is 2.38. The molecule has 1 aromatic rings. The van der Waals surface area contributed by atoms with Crippen LogP contribution in [0.15, 0.2) is 18.2 Å². The van der Waals surface area contributed by atoms with Gasteiger partial charge in [-0.05, 0) is 25.0 Å². The quantitative estimate of drug-likeness (QED) is 0.598. The summed E-state index contributed by atoms with van der Waals surface area (Å²) in [6.45, 7) is 0.721. The number of pyridine rings is 1. The number of methoxy groups -OCH3 is 1. The van der Waals surface area contributed by atoms with Gasteiger partial charge in [-0.15, -0.1) is 0 Å². The predicted octanol–water partition coefficient (Wildman–Crippen LogP) is 1.71. The third-order valence-electron chi connectivity index (χ3n) is 2.21. The zero-order valence-electron chi connectivity index (χ0n) is 9.77. The van der Waals surface area contributed by atoms with E-state index in [2.05, 4.69) is 15.0 Å². The van der Waals surface area contributed by atoms with Gasteiger partial charge in [-0.25, -0.2) is 4.98 Å². The van der Waals surface area contributed by atoms with Gasteiger partial charge >= 0.3 is 5.97 Å². The van der Waals surface area contributed by atoms with Crippen LogP contribution < -0.4 is 5.32 Å². The van der Waals surface area contributed by atoms with E-state index in [0.717, 1.165) is 19.4 Å². The minimum Gasteiger partial charge on any atom is -0.469 e. The fraction of sp³-hybridized carbons (Fsp3) is 0.417. The first-order valence-corrected chi connectivity index (χ1v) is 5.44. The number of nitriles is 1. The first kappa shape index (κ1) is 13.0. The van der Waals surface area contributed by atoms with Gasteiger partial charge in [-0.2, -0.15) is 5.26 Å². The second-order valence-electron chi connectivity index (χ2n) is 3.48. The number of rotatable bonds is 6. The first-order valence-electron chi connectivity index (χ1n) is 5.44. The highest BCUT2D eigenvalue weighted by molar-refractivity contribution is 5.68. The van der Waals surface area contributed by atoms with E-state index in [0.29, 0.717) is 17.9 Å². The normalized spacial score (nSPS) is 9.41. The topological polar surface area (TPSA) is 75.0 Å². The lowest BCUT2D eigenvalue weighted by Gasteiger charge is -2.04. The molecule has 0 bridgehead atoms. The molecule has 0 spiro atoms. The van der Waals surface area contributed by atoms with Crippen LogP contribution in [-0.4, -0.2) is 24.6 Å². The Bertz CT molecular complexity index is 412. The summed E-state index contributed by atoms with van der Waals surface area (Å²) in [5, 5.41) is 11.8. The highest BCUT2D eigenvalue weighted by Crippen LogP contribution is 2.05. The zero-order valence-corrected chi connectivity index (χ0v) is 9.77. The summed E-state index contributed by atoms with van der Waals surface area (Å²) in [5.41, 5.74) is 0.393. The van der Waals surface area contributed by atoms with Gasteiger partial charge < -0.3 is 10.1 Å². The molecule has 90 valence electrons. The summed E-state index contributed by atoms with van der Waals surface area (Å²) >= 11 is 0. The molecule has 17 heavy (non-hydrogen) atoms. The summed E-state index contributed by atoms with van der Waals surface area (Å²) < 4.78 is 4.54. The van der Waals surface area contributed by atoms with Crippen molar-refractivity contribution in [3.8, 4) is 6.07 Å². The molecule has 1 rings (SSSR count). The molecule has 0 unspecified atom stereocenters. The number of aromatic nitrogens is 1. The fourth-order valence-corrected chi connectivity index (χ4v) is 1.31. The standard InChI is InChI=1S/C12H15N3O2/c1-17-12(16)7-2-3-8-14-11-6-4-5-10(9-13)15-11/h4-6H,2-3,7-8H2,1H3,(H,14,15). The van der Waals surface area contributed by atoms with Crippen molar-refractivity contribution in [3.05, 3.63) is 23.9 Å². The number of ether oxygens (including phenoxy) is 1. The third-order valence-corrected chi connectivity index (χ3v) is 2.21. The number of anilines is 1. The molecule has 0 radical (unpaired) electrons. The third kappa shape index (κ3) is 4.98. The number of unbranched alkanes of at least 4 members (excludes halogenated alkanes) is 1. The highest BCUT2D eigenvalue weighted by atomic mass is 16.5. The van der Waals surface area contributed by atoms with Crippen molar-refractivity contribution in [1.82, 2.24) is 4.98 Å². The number of carbonyl (C=O) groups is 1. The van der Waals surface area contributed by atoms with Crippen LogP contribution in [0, 0.1) is 11.3 Å². The van der Waals surface area contributed by atoms with Crippen LogP contribution >= 0.6 is 0 Å². The molecular formula is C12H15N3O2. The monoisotopic (exact) mass is 233 g/mol. The van der Waals surface area contributed by atoms with Crippen molar-refractivity contribution < 1.29 is 9.53 Å². The molecular weight excluding hydrogens is 218 g/mol. The second kappa shape index (κ2) is 7.23. The Morgan fingerprint density at radius 3 is 3.06 bits per heavy atom. The molecule has 0 saturated carbocycles. The van der Waals surface area contributed by atoms with Gasteiger partial charge in [0.1, 0.15) is 17.6 Å². The lowest BCUT2D eigenvalue weighted by Crippen LogP contribution is -2.05. The van der Waals surface area contributed by atoms with Crippen molar-refractivity contribution in [3.63, 3.8) is 0 Å². The molecule has 1 N–H and O–H groups in total. The van der Waals surface area contributed by atoms with Crippen molar-refractivity contribution >= 4 is 11.8 Å². The average molecular weight is 233 g/mol. The second-order valence-corrected chi connectivity index (χ2v) is 3.48. The SMILES string of the molecule is COC(=O)CCCCNc1cccc(C#N)n1. The largest absolute Gasteiger partial charge is 0.469 e. The van der Waals surface area contributed by atoms with E-state index in [1.165, 1.54) is 7.11 Å². The summed E-state index contributed by atoms with van der Waals surface area (Å²) in [6.07, 6.45) is 2.06. The molecule has 0 aromatic carbocycles. The molecule has 5 nitrogen and oxygen atoms in total. The molecule has 0 amide bonds. The summed E-state index contributed by atoms with van der Waals surface area (Å²) in [5.74, 6) is 0.497. The van der Waals surface area contributed by atoms with Crippen LogP contribution in [0.4, 0.5) is 5.82 Å². The van der Waals surface area contributed by atoms with Gasteiger partial charge in [0, 0.05) is 13.0 Å². The van der Waals surface area contributed by atoms with Gasteiger partial charge in [0.2, 0.25) is 0 Å². The molecule has 5 heteroatoms. The number of carbonyl (C=O) groups excluding carboxylic acids is 1. The number of hydrogen-bond acceptors (Lipinski definition) is 5. The molecule has 0 aliphatic rings. The minimum absolute atomic E-state index is 0.186. The molecule has 1 heterocycles. The fourth-order valence-electron chi connectivity index (χ4n) is 1.31. The highest BCUT2D eigenvalue weighted by Gasteiger charge is 1.99. The Balaban J connectivity index is 2.22. The van der Waals surface area contributed by atoms with Crippen LogP contribution in [0.1, 0.15) is 25.0 Å². The van der Waals surface area contributed by atoms with Crippen molar-refractivity contribution in [1.29, 1.82) is 5.26 Å². The summed E-state index contributed by atoms with van der Waals surface area (Å²) in [4.78, 5) is 14.9. The molecule has 0 fully saturated rings. The van der Waals surface area contributed by atoms with Crippen LogP contribution in [0.2, 0.25) is 0 Å². The van der Waals surface area contributed by atoms with E-state index < -0.39 is 0 Å². The summed E-state index contributed by atoms with van der Waals surface area (Å²) in [6, 6.07) is 7.22. The van der Waals surface area contributed by atoms with Crippen LogP contribution in [-0.2, 0) is 9.53 Å². The Hall–Kier alpha value is -2.09. The van der Waals surface area contributed by atoms with Crippen molar-refractivity contribution in [2.24, 2.45) is 0 Å². The van der Waals surface area contributed by atoms with E-state index in [4.69, 9.17) is 5.26 Å². The van der Waals surface area contributed by atoms with E-state index in [1.807, 2.05) is 6.07 Å². The maximum absolute atomic E-state index is 10.8. The van der Waals surface area contributed by atoms with Crippen molar-refractivity contribution in [2.45, 2.75) is 19.3 Å². The smallest absolute Gasteiger partial charge is 0.305 e. The number of nitrogens with zero attached hydrogens (tertiary/aromatic N) is 2. The van der Waals surface area contributed by atoms with Crippen LogP contribution in [0.25, 0.3) is 0 Å². The molecule has 0 aliphatic heterocycles. The number of nitrogens with one attached hydrogen (secondary N) is 1. The van der Waals surface area contributed by atoms with Gasteiger partial charge in [0.15, 0.2) is 0 Å². The van der Waals surface area contributed by atoms with Crippen LogP contribution in [0.5, 0.6) is 0 Å². The Morgan fingerprint density at radius 2 is 2.35 bits per heavy atom. The number of hydrogen-bond donors (Lipinski definition) is 1. The predicted molar refractivity (Wildman–Crippen MR) is 63.3 cm³/mol. The lowest BCUT2D eigenvalue weighted by molar-refractivity contribution is -0.140. The first-order chi connectivity index (χ1) is 8.26. The van der Waals surface area contributed by atoms with E-state index in [1.54, 1.807) is 18.2 Å². The zero-order chi connectivity index (χ0) is 12.5. The van der Waals surface area contributed by atoms with Crippen LogP contribution in [0.3, 0.4) is 0 Å². The maximum atomic E-state index is 10.8. The maximum Gasteiger partial charge on any atom is 0.305 e.